The number of rotatable bonds is 3. The molecule has 3 nitrogen and oxygen atoms in total. The van der Waals surface area contributed by atoms with Crippen LogP contribution in [0.5, 0.6) is 10.9 Å². The summed E-state index contributed by atoms with van der Waals surface area (Å²) < 4.78 is 5.48. The number of thiazole rings is 1. The summed E-state index contributed by atoms with van der Waals surface area (Å²) in [7, 11) is 0. The van der Waals surface area contributed by atoms with Gasteiger partial charge in [0.25, 0.3) is 5.19 Å². The van der Waals surface area contributed by atoms with E-state index in [4.69, 9.17) is 22.1 Å². The lowest BCUT2D eigenvalue weighted by atomic mass is 10.2. The molecular formula is C10H9ClN2OS. The quantitative estimate of drug-likeness (QED) is 0.897. The van der Waals surface area contributed by atoms with Crippen LogP contribution in [0.2, 0.25) is 5.02 Å². The molecule has 2 aromatic rings. The van der Waals surface area contributed by atoms with E-state index in [1.54, 1.807) is 12.3 Å². The van der Waals surface area contributed by atoms with Crippen molar-refractivity contribution in [1.29, 1.82) is 0 Å². The zero-order valence-corrected chi connectivity index (χ0v) is 9.39. The lowest BCUT2D eigenvalue weighted by molar-refractivity contribution is 0.478. The van der Waals surface area contributed by atoms with Crippen LogP contribution >= 0.6 is 22.9 Å². The Morgan fingerprint density at radius 1 is 1.47 bits per heavy atom. The summed E-state index contributed by atoms with van der Waals surface area (Å²) in [4.78, 5) is 4.01. The average molecular weight is 241 g/mol. The first-order chi connectivity index (χ1) is 7.29. The Labute approximate surface area is 96.5 Å². The Balaban J connectivity index is 2.20. The molecule has 0 saturated carbocycles. The molecule has 5 heteroatoms. The molecule has 0 amide bonds. The Morgan fingerprint density at radius 2 is 2.33 bits per heavy atom. The van der Waals surface area contributed by atoms with Gasteiger partial charge >= 0.3 is 0 Å². The Bertz CT molecular complexity index is 445. The molecule has 2 rings (SSSR count). The van der Waals surface area contributed by atoms with Gasteiger partial charge in [0, 0.05) is 23.1 Å². The van der Waals surface area contributed by atoms with Gasteiger partial charge in [-0.05, 0) is 17.7 Å². The molecule has 0 atom stereocenters. The minimum absolute atomic E-state index is 0.427. The maximum atomic E-state index is 5.99. The van der Waals surface area contributed by atoms with Gasteiger partial charge in [0.1, 0.15) is 5.75 Å². The lowest BCUT2D eigenvalue weighted by Crippen LogP contribution is -1.97. The van der Waals surface area contributed by atoms with Crippen LogP contribution in [0.4, 0.5) is 0 Å². The molecule has 0 fully saturated rings. The van der Waals surface area contributed by atoms with Crippen LogP contribution < -0.4 is 10.5 Å². The van der Waals surface area contributed by atoms with E-state index in [9.17, 15) is 0 Å². The number of hydrogen-bond donors (Lipinski definition) is 1. The maximum Gasteiger partial charge on any atom is 0.278 e. The first kappa shape index (κ1) is 10.4. The van der Waals surface area contributed by atoms with Crippen molar-refractivity contribution in [2.45, 2.75) is 6.54 Å². The number of benzene rings is 1. The van der Waals surface area contributed by atoms with Gasteiger partial charge < -0.3 is 10.5 Å². The van der Waals surface area contributed by atoms with Crippen LogP contribution in [0.1, 0.15) is 5.56 Å². The summed E-state index contributed by atoms with van der Waals surface area (Å²) in [5.74, 6) is 0.673. The smallest absolute Gasteiger partial charge is 0.278 e. The van der Waals surface area contributed by atoms with Gasteiger partial charge in [-0.25, -0.2) is 4.98 Å². The number of nitrogens with zero attached hydrogens (tertiary/aromatic N) is 1. The molecule has 0 aliphatic heterocycles. The number of ether oxygens (including phenoxy) is 1. The summed E-state index contributed by atoms with van der Waals surface area (Å²) in [6.07, 6.45) is 1.69. The lowest BCUT2D eigenvalue weighted by Gasteiger charge is -2.04. The van der Waals surface area contributed by atoms with Crippen LogP contribution in [0.3, 0.4) is 0 Å². The molecule has 0 aliphatic rings. The van der Waals surface area contributed by atoms with E-state index >= 15 is 0 Å². The van der Waals surface area contributed by atoms with E-state index in [1.165, 1.54) is 11.3 Å². The third-order valence-corrected chi connectivity index (χ3v) is 2.86. The molecule has 0 unspecified atom stereocenters. The molecule has 0 saturated heterocycles. The normalized spacial score (nSPS) is 10.3. The summed E-state index contributed by atoms with van der Waals surface area (Å²) in [5, 5.41) is 3.07. The predicted molar refractivity (Wildman–Crippen MR) is 61.5 cm³/mol. The zero-order chi connectivity index (χ0) is 10.7. The average Bonchev–Trinajstić information content (AvgIpc) is 2.71. The standard InChI is InChI=1S/C10H9ClN2OS/c11-9-5-8(2-1-7(9)6-12)14-10-13-3-4-15-10/h1-5H,6,12H2. The highest BCUT2D eigenvalue weighted by Gasteiger charge is 2.03. The highest BCUT2D eigenvalue weighted by molar-refractivity contribution is 7.11. The van der Waals surface area contributed by atoms with Crippen molar-refractivity contribution in [2.75, 3.05) is 0 Å². The molecule has 1 aromatic carbocycles. The molecule has 0 radical (unpaired) electrons. The SMILES string of the molecule is NCc1ccc(Oc2nccs2)cc1Cl. The van der Waals surface area contributed by atoms with Crippen molar-refractivity contribution in [3.63, 3.8) is 0 Å². The highest BCUT2D eigenvalue weighted by atomic mass is 35.5. The van der Waals surface area contributed by atoms with E-state index in [1.807, 2.05) is 17.5 Å². The first-order valence-electron chi connectivity index (χ1n) is 4.35. The summed E-state index contributed by atoms with van der Waals surface area (Å²) >= 11 is 7.43. The van der Waals surface area contributed by atoms with Crippen LogP contribution in [0, 0.1) is 0 Å². The fourth-order valence-corrected chi connectivity index (χ4v) is 1.87. The maximum absolute atomic E-state index is 5.99. The van der Waals surface area contributed by atoms with E-state index in [-0.39, 0.29) is 0 Å². The third-order valence-electron chi connectivity index (χ3n) is 1.86. The van der Waals surface area contributed by atoms with Crippen molar-refractivity contribution in [3.05, 3.63) is 40.4 Å². The van der Waals surface area contributed by atoms with E-state index in [0.717, 1.165) is 5.56 Å². The van der Waals surface area contributed by atoms with Gasteiger partial charge in [0.15, 0.2) is 0 Å². The predicted octanol–water partition coefficient (Wildman–Crippen LogP) is 3.05. The van der Waals surface area contributed by atoms with Crippen molar-refractivity contribution in [3.8, 4) is 10.9 Å². The third kappa shape index (κ3) is 2.47. The van der Waals surface area contributed by atoms with Gasteiger partial charge in [-0.2, -0.15) is 0 Å². The summed E-state index contributed by atoms with van der Waals surface area (Å²) in [5.41, 5.74) is 6.41. The topological polar surface area (TPSA) is 48.1 Å². The minimum atomic E-state index is 0.427. The van der Waals surface area contributed by atoms with Gasteiger partial charge in [-0.3, -0.25) is 0 Å². The molecule has 2 N–H and O–H groups in total. The second-order valence-electron chi connectivity index (χ2n) is 2.86. The fourth-order valence-electron chi connectivity index (χ4n) is 1.12. The van der Waals surface area contributed by atoms with Crippen molar-refractivity contribution >= 4 is 22.9 Å². The van der Waals surface area contributed by atoms with Crippen LogP contribution in [-0.2, 0) is 6.54 Å². The Kier molecular flexibility index (Phi) is 3.20. The molecule has 15 heavy (non-hydrogen) atoms. The minimum Gasteiger partial charge on any atom is -0.431 e. The van der Waals surface area contributed by atoms with E-state index in [0.29, 0.717) is 22.5 Å². The molecule has 0 bridgehead atoms. The number of nitrogens with two attached hydrogens (primary N) is 1. The Morgan fingerprint density at radius 3 is 2.93 bits per heavy atom. The van der Waals surface area contributed by atoms with Gasteiger partial charge in [0.2, 0.25) is 0 Å². The van der Waals surface area contributed by atoms with Crippen molar-refractivity contribution < 1.29 is 4.74 Å². The molecule has 0 spiro atoms. The molecule has 1 aromatic heterocycles. The highest BCUT2D eigenvalue weighted by Crippen LogP contribution is 2.27. The fraction of sp³-hybridized carbons (Fsp3) is 0.100. The van der Waals surface area contributed by atoms with E-state index < -0.39 is 0 Å². The largest absolute Gasteiger partial charge is 0.431 e. The van der Waals surface area contributed by atoms with Gasteiger partial charge in [-0.1, -0.05) is 29.0 Å². The van der Waals surface area contributed by atoms with Crippen molar-refractivity contribution in [1.82, 2.24) is 4.98 Å². The second-order valence-corrected chi connectivity index (χ2v) is 4.12. The molecule has 1 heterocycles. The first-order valence-corrected chi connectivity index (χ1v) is 5.61. The summed E-state index contributed by atoms with van der Waals surface area (Å²) in [6.45, 7) is 0.427. The molecule has 78 valence electrons. The zero-order valence-electron chi connectivity index (χ0n) is 7.81. The van der Waals surface area contributed by atoms with E-state index in [2.05, 4.69) is 4.98 Å². The molecular weight excluding hydrogens is 232 g/mol. The summed E-state index contributed by atoms with van der Waals surface area (Å²) in [6, 6.07) is 5.42. The van der Waals surface area contributed by atoms with Gasteiger partial charge in [-0.15, -0.1) is 0 Å². The van der Waals surface area contributed by atoms with Gasteiger partial charge in [0.05, 0.1) is 0 Å². The van der Waals surface area contributed by atoms with Crippen LogP contribution in [0.15, 0.2) is 29.8 Å². The number of aromatic nitrogens is 1. The van der Waals surface area contributed by atoms with Crippen molar-refractivity contribution in [2.24, 2.45) is 5.73 Å². The number of hydrogen-bond acceptors (Lipinski definition) is 4. The molecule has 0 aliphatic carbocycles. The second kappa shape index (κ2) is 4.61. The van der Waals surface area contributed by atoms with Crippen LogP contribution in [0.25, 0.3) is 0 Å². The Hall–Kier alpha value is -1.10. The van der Waals surface area contributed by atoms with Crippen LogP contribution in [-0.4, -0.2) is 4.98 Å². The number of halogens is 1. The monoisotopic (exact) mass is 240 g/mol.